The average Bonchev–Trinajstić information content (AvgIpc) is 2.36. The summed E-state index contributed by atoms with van der Waals surface area (Å²) in [4.78, 5) is 11.1. The van der Waals surface area contributed by atoms with Gasteiger partial charge in [0.05, 0.1) is 6.26 Å². The van der Waals surface area contributed by atoms with Crippen molar-refractivity contribution < 1.29 is 27.6 Å². The molecular weight excluding hydrogens is 331 g/mol. The van der Waals surface area contributed by atoms with E-state index in [0.717, 1.165) is 52.8 Å². The van der Waals surface area contributed by atoms with Crippen LogP contribution in [-0.2, 0) is 19.6 Å². The van der Waals surface area contributed by atoms with E-state index < -0.39 is 10.1 Å². The summed E-state index contributed by atoms with van der Waals surface area (Å²) < 4.78 is 30.7. The summed E-state index contributed by atoms with van der Waals surface area (Å²) in [6, 6.07) is 0. The molecule has 1 unspecified atom stereocenters. The van der Waals surface area contributed by atoms with Crippen molar-refractivity contribution in [3.05, 3.63) is 23.3 Å². The van der Waals surface area contributed by atoms with E-state index in [-0.39, 0.29) is 9.32 Å². The van der Waals surface area contributed by atoms with Crippen molar-refractivity contribution in [2.45, 2.75) is 49.8 Å². The Hall–Kier alpha value is -0.180. The summed E-state index contributed by atoms with van der Waals surface area (Å²) in [7, 11) is -3.67. The quantitative estimate of drug-likeness (QED) is 0.298. The van der Waals surface area contributed by atoms with E-state index in [1.165, 1.54) is 5.57 Å². The molecule has 0 aliphatic heterocycles. The fraction of sp³-hybridized carbons (Fsp3) is 0.667. The zero-order chi connectivity index (χ0) is 18.5. The van der Waals surface area contributed by atoms with E-state index in [0.29, 0.717) is 19.3 Å². The molecule has 0 aliphatic carbocycles. The Balaban J connectivity index is 0. The number of rotatable bonds is 8. The van der Waals surface area contributed by atoms with E-state index in [2.05, 4.69) is 6.08 Å². The maximum Gasteiger partial charge on any atom is 0.261 e. The van der Waals surface area contributed by atoms with Crippen molar-refractivity contribution in [1.29, 1.82) is 0 Å². The summed E-state index contributed by atoms with van der Waals surface area (Å²) in [5.41, 5.74) is 2.27. The normalized spacial score (nSPS) is 13.9. The van der Waals surface area contributed by atoms with Crippen molar-refractivity contribution >= 4 is 44.0 Å². The Morgan fingerprint density at radius 1 is 1.26 bits per heavy atom. The van der Waals surface area contributed by atoms with Crippen LogP contribution in [0.15, 0.2) is 23.3 Å². The zero-order valence-electron chi connectivity index (χ0n) is 14.7. The molecule has 2 N–H and O–H groups in total. The van der Waals surface area contributed by atoms with Crippen LogP contribution in [0.3, 0.4) is 0 Å². The summed E-state index contributed by atoms with van der Waals surface area (Å²) in [5, 5.41) is 9.36. The van der Waals surface area contributed by atoms with E-state index in [1.54, 1.807) is 0 Å². The summed E-state index contributed by atoms with van der Waals surface area (Å²) in [6.45, 7) is 6.33. The number of carbonyl (C=O) groups excluding carboxylic acids is 1. The molecule has 6 nitrogen and oxygen atoms in total. The van der Waals surface area contributed by atoms with Gasteiger partial charge in [0.2, 0.25) is 0 Å². The van der Waals surface area contributed by atoms with Gasteiger partial charge in [-0.1, -0.05) is 6.92 Å². The third-order valence-corrected chi connectivity index (χ3v) is 3.70. The standard InChI is InChI=1S/C14H23O3.CH4O3S.Na/c1-4-6-14(16)17-10-9-12(2)7-5-8-13(3)11-15;1-5(2,3)4;/h8-9,11,15H,4-7,10H2,1-3H3;1H3,(H,2,3,4);. The van der Waals surface area contributed by atoms with Gasteiger partial charge in [-0.3, -0.25) is 4.55 Å². The average molecular weight is 358 g/mol. The van der Waals surface area contributed by atoms with E-state index in [1.807, 2.05) is 26.8 Å². The van der Waals surface area contributed by atoms with Crippen molar-refractivity contribution in [2.24, 2.45) is 0 Å². The molecule has 0 radical (unpaired) electrons. The van der Waals surface area contributed by atoms with Gasteiger partial charge in [-0.25, -0.2) is 0 Å². The molecule has 0 saturated heterocycles. The Morgan fingerprint density at radius 3 is 2.22 bits per heavy atom. The van der Waals surface area contributed by atoms with E-state index in [9.17, 15) is 18.3 Å². The maximum absolute atomic E-state index is 11.1. The molecule has 0 amide bonds. The minimum absolute atomic E-state index is 0.128. The number of carbonyl (C=O) groups is 1. The van der Waals surface area contributed by atoms with Gasteiger partial charge < -0.3 is 0 Å². The summed E-state index contributed by atoms with van der Waals surface area (Å²) >= 11 is 0.781. The van der Waals surface area contributed by atoms with Gasteiger partial charge in [0, 0.05) is 0 Å². The molecule has 23 heavy (non-hydrogen) atoms. The van der Waals surface area contributed by atoms with Gasteiger partial charge in [-0.2, -0.15) is 8.42 Å². The van der Waals surface area contributed by atoms with Crippen molar-refractivity contribution in [3.63, 3.8) is 0 Å². The molecule has 0 bridgehead atoms. The monoisotopic (exact) mass is 358 g/mol. The van der Waals surface area contributed by atoms with E-state index >= 15 is 0 Å². The zero-order valence-corrected chi connectivity index (χ0v) is 17.5. The number of ether oxygens (including phenoxy) is 1. The fourth-order valence-electron chi connectivity index (χ4n) is 1.35. The van der Waals surface area contributed by atoms with Crippen LogP contribution in [0, 0.1) is 0 Å². The molecule has 0 saturated carbocycles. The largest absolute Gasteiger partial charge is 0.286 e. The first kappa shape index (κ1) is 25.1. The van der Waals surface area contributed by atoms with Crippen LogP contribution in [0.5, 0.6) is 0 Å². The molecule has 0 aromatic carbocycles. The predicted octanol–water partition coefficient (Wildman–Crippen LogP) is 1.99. The Morgan fingerprint density at radius 2 is 1.78 bits per heavy atom. The van der Waals surface area contributed by atoms with Gasteiger partial charge in [-0.15, -0.1) is 0 Å². The molecule has 1 atom stereocenters. The molecule has 0 fully saturated rings. The van der Waals surface area contributed by atoms with Gasteiger partial charge in [0.1, 0.15) is 0 Å². The third-order valence-electron chi connectivity index (χ3n) is 2.79. The number of hydrogen-bond acceptors (Lipinski definition) is 5. The van der Waals surface area contributed by atoms with Crippen LogP contribution in [0.2, 0.25) is 0 Å². The predicted molar refractivity (Wildman–Crippen MR) is 91.8 cm³/mol. The number of hydrogen-bond donors (Lipinski definition) is 2. The Labute approximate surface area is 157 Å². The van der Waals surface area contributed by atoms with Gasteiger partial charge in [0.15, 0.2) is 0 Å². The van der Waals surface area contributed by atoms with Crippen LogP contribution in [0.25, 0.3) is 0 Å². The molecular formula is C15H27NaO6S. The van der Waals surface area contributed by atoms with Crippen LogP contribution in [0.4, 0.5) is 0 Å². The minimum atomic E-state index is -3.67. The number of aliphatic hydroxyl groups excluding tert-OH is 1. The fourth-order valence-corrected chi connectivity index (χ4v) is 1.59. The van der Waals surface area contributed by atoms with Crippen molar-refractivity contribution in [2.75, 3.05) is 12.9 Å². The Kier molecular flexibility index (Phi) is 15.5. The first-order chi connectivity index (χ1) is 10.5. The van der Waals surface area contributed by atoms with E-state index in [4.69, 9.17) is 9.29 Å². The molecule has 0 aromatic heterocycles. The summed E-state index contributed by atoms with van der Waals surface area (Å²) in [6.07, 6.45) is 7.94. The van der Waals surface area contributed by atoms with Gasteiger partial charge in [-0.05, 0) is 0 Å². The summed E-state index contributed by atoms with van der Waals surface area (Å²) in [5.74, 6) is -0.128. The van der Waals surface area contributed by atoms with Crippen LogP contribution in [-0.4, -0.2) is 68.2 Å². The third kappa shape index (κ3) is 24.2. The molecule has 0 spiro atoms. The molecule has 130 valence electrons. The van der Waals surface area contributed by atoms with Gasteiger partial charge in [0.25, 0.3) is 10.1 Å². The number of aliphatic hydroxyl groups is 1. The van der Waals surface area contributed by atoms with Crippen LogP contribution >= 0.6 is 0 Å². The molecule has 0 heterocycles. The second kappa shape index (κ2) is 14.2. The van der Waals surface area contributed by atoms with Gasteiger partial charge >= 0.3 is 121 Å². The molecule has 8 heteroatoms. The Bertz CT molecular complexity index is 486. The first-order valence-electron chi connectivity index (χ1n) is 7.55. The number of allylic oxidation sites excluding steroid dienone is 2. The molecule has 0 aromatic rings. The number of esters is 1. The smallest absolute Gasteiger partial charge is 0.261 e. The van der Waals surface area contributed by atoms with Crippen molar-refractivity contribution in [3.8, 4) is 0 Å². The maximum atomic E-state index is 11.1. The second-order valence-corrected chi connectivity index (χ2v) is 7.94. The van der Waals surface area contributed by atoms with Crippen molar-refractivity contribution in [1.82, 2.24) is 0 Å². The minimum Gasteiger partial charge on any atom is -0.286 e. The topological polar surface area (TPSA) is 101 Å². The SMILES string of the molecule is CCCC(=O)OCC=C(C)CCC=C(C)[CH](O)[Na].CS(=O)(=O)O. The molecule has 0 aliphatic rings. The first-order valence-corrected chi connectivity index (χ1v) is 10.6. The van der Waals surface area contributed by atoms with Crippen LogP contribution < -0.4 is 0 Å². The molecule has 0 rings (SSSR count). The second-order valence-electron chi connectivity index (χ2n) is 5.38. The van der Waals surface area contributed by atoms with Crippen LogP contribution in [0.1, 0.15) is 46.5 Å².